The van der Waals surface area contributed by atoms with Gasteiger partial charge in [0.05, 0.1) is 5.69 Å². The summed E-state index contributed by atoms with van der Waals surface area (Å²) >= 11 is 0. The van der Waals surface area contributed by atoms with Gasteiger partial charge in [0, 0.05) is 31.3 Å². The highest BCUT2D eigenvalue weighted by atomic mass is 16.4. The second-order valence-electron chi connectivity index (χ2n) is 5.59. The first-order valence-corrected chi connectivity index (χ1v) is 7.57. The molecule has 2 aromatic rings. The lowest BCUT2D eigenvalue weighted by molar-refractivity contribution is -0.127. The number of aryl methyl sites for hydroxylation is 1. The van der Waals surface area contributed by atoms with E-state index in [-0.39, 0.29) is 11.8 Å². The minimum Gasteiger partial charge on any atom is -0.392 e. The van der Waals surface area contributed by atoms with Gasteiger partial charge < -0.3 is 9.32 Å². The average molecular weight is 314 g/mol. The number of aromatic amines is 1. The van der Waals surface area contributed by atoms with E-state index in [9.17, 15) is 9.59 Å². The second-order valence-corrected chi connectivity index (χ2v) is 5.59. The minimum absolute atomic E-state index is 0.0306. The van der Waals surface area contributed by atoms with Crippen LogP contribution < -0.4 is 5.76 Å². The quantitative estimate of drug-likeness (QED) is 0.866. The predicted octanol–water partition coefficient (Wildman–Crippen LogP) is 1.49. The summed E-state index contributed by atoms with van der Waals surface area (Å²) in [4.78, 5) is 29.3. The molecule has 0 radical (unpaired) electrons. The first-order chi connectivity index (χ1) is 11.1. The number of aromatic nitrogens is 3. The Labute approximate surface area is 133 Å². The van der Waals surface area contributed by atoms with Crippen molar-refractivity contribution in [3.63, 3.8) is 0 Å². The van der Waals surface area contributed by atoms with Crippen LogP contribution in [0.2, 0.25) is 0 Å². The number of hydrogen-bond acceptors (Lipinski definition) is 5. The van der Waals surface area contributed by atoms with Gasteiger partial charge in [-0.05, 0) is 37.5 Å². The lowest BCUT2D eigenvalue weighted by Gasteiger charge is -2.29. The van der Waals surface area contributed by atoms with Gasteiger partial charge >= 0.3 is 5.76 Å². The molecule has 1 aliphatic rings. The number of amides is 1. The summed E-state index contributed by atoms with van der Waals surface area (Å²) in [5.74, 6) is -0.0501. The summed E-state index contributed by atoms with van der Waals surface area (Å²) in [5, 5.41) is 6.14. The predicted molar refractivity (Wildman–Crippen MR) is 83.7 cm³/mol. The third-order valence-electron chi connectivity index (χ3n) is 4.04. The van der Waals surface area contributed by atoms with Crippen LogP contribution in [0, 0.1) is 6.92 Å². The van der Waals surface area contributed by atoms with Crippen molar-refractivity contribution in [3.8, 4) is 0 Å². The van der Waals surface area contributed by atoms with Crippen LogP contribution in [-0.4, -0.2) is 39.1 Å². The van der Waals surface area contributed by atoms with Gasteiger partial charge in [-0.25, -0.2) is 9.89 Å². The number of likely N-dealkylation sites (tertiary alicyclic amines) is 1. The number of rotatable bonds is 3. The van der Waals surface area contributed by atoms with Gasteiger partial charge in [0.2, 0.25) is 11.8 Å². The van der Waals surface area contributed by atoms with E-state index < -0.39 is 5.76 Å². The number of pyridine rings is 1. The van der Waals surface area contributed by atoms with Crippen LogP contribution in [-0.2, 0) is 4.79 Å². The topological polar surface area (TPSA) is 92.1 Å². The molecule has 120 valence electrons. The van der Waals surface area contributed by atoms with Crippen molar-refractivity contribution in [1.29, 1.82) is 0 Å². The normalized spacial score (nSPS) is 16.1. The van der Waals surface area contributed by atoms with Crippen LogP contribution in [0.4, 0.5) is 0 Å². The minimum atomic E-state index is -0.535. The summed E-state index contributed by atoms with van der Waals surface area (Å²) in [6, 6.07) is 3.83. The van der Waals surface area contributed by atoms with Crippen LogP contribution in [0.25, 0.3) is 6.08 Å². The Hall–Kier alpha value is -2.70. The van der Waals surface area contributed by atoms with Gasteiger partial charge in [-0.1, -0.05) is 6.07 Å². The number of piperidine rings is 1. The fraction of sp³-hybridized carbons (Fsp3) is 0.375. The number of hydrogen-bond donors (Lipinski definition) is 1. The van der Waals surface area contributed by atoms with Crippen molar-refractivity contribution < 1.29 is 9.21 Å². The number of carbonyl (C=O) groups excluding carboxylic acids is 1. The molecule has 0 unspecified atom stereocenters. The van der Waals surface area contributed by atoms with Crippen LogP contribution in [0.1, 0.15) is 35.9 Å². The van der Waals surface area contributed by atoms with E-state index in [1.165, 1.54) is 0 Å². The van der Waals surface area contributed by atoms with Gasteiger partial charge in [0.25, 0.3) is 0 Å². The molecule has 2 aromatic heterocycles. The molecule has 3 heterocycles. The Morgan fingerprint density at radius 1 is 1.43 bits per heavy atom. The molecule has 1 fully saturated rings. The van der Waals surface area contributed by atoms with Crippen molar-refractivity contribution in [2.75, 3.05) is 13.1 Å². The number of nitrogens with one attached hydrogen (secondary N) is 1. The Morgan fingerprint density at radius 3 is 2.87 bits per heavy atom. The third-order valence-corrected chi connectivity index (χ3v) is 4.04. The molecule has 0 atom stereocenters. The molecule has 1 saturated heterocycles. The van der Waals surface area contributed by atoms with Gasteiger partial charge in [0.1, 0.15) is 0 Å². The SMILES string of the molecule is Cc1cccnc1/C=C/C(=O)N1CCC(c2n[nH]c(=O)o2)CC1. The van der Waals surface area contributed by atoms with Crippen molar-refractivity contribution in [2.24, 2.45) is 0 Å². The lowest BCUT2D eigenvalue weighted by Crippen LogP contribution is -2.37. The maximum absolute atomic E-state index is 12.2. The molecular weight excluding hydrogens is 296 g/mol. The van der Waals surface area contributed by atoms with E-state index in [1.54, 1.807) is 23.2 Å². The molecule has 1 aliphatic heterocycles. The Balaban J connectivity index is 1.58. The van der Waals surface area contributed by atoms with Crippen molar-refractivity contribution in [1.82, 2.24) is 20.1 Å². The molecule has 0 spiro atoms. The lowest BCUT2D eigenvalue weighted by atomic mass is 9.97. The molecule has 0 aliphatic carbocycles. The van der Waals surface area contributed by atoms with Crippen molar-refractivity contribution >= 4 is 12.0 Å². The molecule has 23 heavy (non-hydrogen) atoms. The van der Waals surface area contributed by atoms with Crippen molar-refractivity contribution in [3.05, 3.63) is 52.1 Å². The molecule has 7 heteroatoms. The molecule has 7 nitrogen and oxygen atoms in total. The van der Waals surface area contributed by atoms with Crippen molar-refractivity contribution in [2.45, 2.75) is 25.7 Å². The zero-order chi connectivity index (χ0) is 16.2. The van der Waals surface area contributed by atoms with Crippen LogP contribution in [0.5, 0.6) is 0 Å². The molecule has 1 N–H and O–H groups in total. The number of H-pyrrole nitrogens is 1. The second kappa shape index (κ2) is 6.60. The van der Waals surface area contributed by atoms with E-state index in [4.69, 9.17) is 4.42 Å². The smallest absolute Gasteiger partial charge is 0.392 e. The Kier molecular flexibility index (Phi) is 4.36. The maximum atomic E-state index is 12.2. The highest BCUT2D eigenvalue weighted by Crippen LogP contribution is 2.25. The highest BCUT2D eigenvalue weighted by Gasteiger charge is 2.26. The monoisotopic (exact) mass is 314 g/mol. The summed E-state index contributed by atoms with van der Waals surface area (Å²) < 4.78 is 4.99. The van der Waals surface area contributed by atoms with Crippen LogP contribution in [0.3, 0.4) is 0 Å². The fourth-order valence-electron chi connectivity index (χ4n) is 2.69. The molecule has 0 aromatic carbocycles. The van der Waals surface area contributed by atoms with E-state index >= 15 is 0 Å². The standard InChI is InChI=1S/C16H18N4O3/c1-11-3-2-8-17-13(11)4-5-14(21)20-9-6-12(7-10-20)15-18-19-16(22)23-15/h2-5,8,12H,6-7,9-10H2,1H3,(H,19,22)/b5-4+. The molecular formula is C16H18N4O3. The summed E-state index contributed by atoms with van der Waals surface area (Å²) in [6.45, 7) is 3.19. The fourth-order valence-corrected chi connectivity index (χ4v) is 2.69. The molecule has 3 rings (SSSR count). The van der Waals surface area contributed by atoms with Crippen LogP contribution >= 0.6 is 0 Å². The maximum Gasteiger partial charge on any atom is 0.434 e. The van der Waals surface area contributed by atoms with Gasteiger partial charge in [0.15, 0.2) is 0 Å². The van der Waals surface area contributed by atoms with E-state index in [0.717, 1.165) is 24.1 Å². The Morgan fingerprint density at radius 2 is 2.22 bits per heavy atom. The molecule has 0 saturated carbocycles. The average Bonchev–Trinajstić information content (AvgIpc) is 3.00. The third kappa shape index (κ3) is 3.56. The first-order valence-electron chi connectivity index (χ1n) is 7.57. The van der Waals surface area contributed by atoms with E-state index in [0.29, 0.717) is 19.0 Å². The van der Waals surface area contributed by atoms with E-state index in [1.807, 2.05) is 19.1 Å². The number of carbonyl (C=O) groups is 1. The Bertz CT molecular complexity index is 769. The number of nitrogens with zero attached hydrogens (tertiary/aromatic N) is 3. The van der Waals surface area contributed by atoms with E-state index in [2.05, 4.69) is 15.2 Å². The highest BCUT2D eigenvalue weighted by molar-refractivity contribution is 5.91. The van der Waals surface area contributed by atoms with Gasteiger partial charge in [-0.2, -0.15) is 0 Å². The van der Waals surface area contributed by atoms with Gasteiger partial charge in [-0.15, -0.1) is 5.10 Å². The summed E-state index contributed by atoms with van der Waals surface area (Å²) in [6.07, 6.45) is 6.48. The first kappa shape index (κ1) is 15.2. The summed E-state index contributed by atoms with van der Waals surface area (Å²) in [7, 11) is 0. The molecule has 0 bridgehead atoms. The molecule has 1 amide bonds. The van der Waals surface area contributed by atoms with Crippen LogP contribution in [0.15, 0.2) is 33.6 Å². The zero-order valence-electron chi connectivity index (χ0n) is 12.9. The van der Waals surface area contributed by atoms with Gasteiger partial charge in [-0.3, -0.25) is 9.78 Å². The summed E-state index contributed by atoms with van der Waals surface area (Å²) in [5.41, 5.74) is 1.83. The largest absolute Gasteiger partial charge is 0.434 e. The zero-order valence-corrected chi connectivity index (χ0v) is 12.9.